The summed E-state index contributed by atoms with van der Waals surface area (Å²) in [6, 6.07) is 7.38. The van der Waals surface area contributed by atoms with Gasteiger partial charge in [-0.05, 0) is 36.1 Å². The maximum atomic E-state index is 12.9. The van der Waals surface area contributed by atoms with E-state index in [0.717, 1.165) is 27.7 Å². The highest BCUT2D eigenvalue weighted by atomic mass is 16.5. The number of likely N-dealkylation sites (N-methyl/N-ethyl adjacent to an activating group) is 1. The second kappa shape index (κ2) is 7.99. The first-order chi connectivity index (χ1) is 14.5. The van der Waals surface area contributed by atoms with Crippen molar-refractivity contribution in [2.24, 2.45) is 0 Å². The van der Waals surface area contributed by atoms with Gasteiger partial charge in [-0.1, -0.05) is 18.2 Å². The molecule has 7 nitrogen and oxygen atoms in total. The quantitative estimate of drug-likeness (QED) is 0.602. The summed E-state index contributed by atoms with van der Waals surface area (Å²) in [5.41, 5.74) is 3.96. The summed E-state index contributed by atoms with van der Waals surface area (Å²) in [6.45, 7) is 0.0109. The maximum absolute atomic E-state index is 12.9. The summed E-state index contributed by atoms with van der Waals surface area (Å²) in [4.78, 5) is 26.6. The van der Waals surface area contributed by atoms with Gasteiger partial charge in [0.1, 0.15) is 0 Å². The Kier molecular flexibility index (Phi) is 5.39. The van der Waals surface area contributed by atoms with E-state index in [1.807, 2.05) is 42.4 Å². The fourth-order valence-electron chi connectivity index (χ4n) is 4.94. The molecule has 3 heterocycles. The molecular weight excluding hydrogens is 384 g/mol. The molecule has 30 heavy (non-hydrogen) atoms. The minimum atomic E-state index is -0.494. The second-order valence-electron chi connectivity index (χ2n) is 7.70. The van der Waals surface area contributed by atoms with E-state index in [2.05, 4.69) is 4.57 Å². The van der Waals surface area contributed by atoms with Gasteiger partial charge in [-0.15, -0.1) is 0 Å². The molecule has 158 valence electrons. The lowest BCUT2D eigenvalue weighted by Gasteiger charge is -2.45. The lowest BCUT2D eigenvalue weighted by molar-refractivity contribution is -0.147. The summed E-state index contributed by atoms with van der Waals surface area (Å²) in [5, 5.41) is 10.8. The number of benzene rings is 1. The molecule has 1 aromatic heterocycles. The lowest BCUT2D eigenvalue weighted by atomic mass is 9.78. The number of hydrogen-bond donors (Lipinski definition) is 1. The molecule has 0 saturated carbocycles. The van der Waals surface area contributed by atoms with Gasteiger partial charge in [0.25, 0.3) is 0 Å². The van der Waals surface area contributed by atoms with Crippen LogP contribution < -0.4 is 0 Å². The van der Waals surface area contributed by atoms with Gasteiger partial charge in [-0.2, -0.15) is 0 Å². The summed E-state index contributed by atoms with van der Waals surface area (Å²) >= 11 is 0. The Labute approximate surface area is 175 Å². The Morgan fingerprint density at radius 1 is 1.23 bits per heavy atom. The molecule has 2 aromatic rings. The van der Waals surface area contributed by atoms with Crippen LogP contribution in [0.4, 0.5) is 0 Å². The third-order valence-electron chi connectivity index (χ3n) is 6.20. The van der Waals surface area contributed by atoms with E-state index in [4.69, 9.17) is 9.47 Å². The molecule has 1 unspecified atom stereocenters. The molecule has 0 amide bonds. The Hall–Kier alpha value is -3.06. The van der Waals surface area contributed by atoms with E-state index in [0.29, 0.717) is 12.8 Å². The Morgan fingerprint density at radius 2 is 2.00 bits per heavy atom. The summed E-state index contributed by atoms with van der Waals surface area (Å²) in [5.74, 6) is -0.716. The standard InChI is InChI=1S/C23H26N2O5/c1-24-13-14(8-9-20(27)29-2)17-12-19(24)22(23(28)30-3)25-18-7-5-4-6-15(18)16(10-11-26)21(17)25/h4-9,13,17,19,22,26H,10-12H2,1-3H3/b9-8+/t17-,19-,22?/m1/s1. The van der Waals surface area contributed by atoms with Crippen LogP contribution >= 0.6 is 0 Å². The first-order valence-electron chi connectivity index (χ1n) is 10.0. The fraction of sp³-hybridized carbons (Fsp3) is 0.391. The number of esters is 2. The first-order valence-corrected chi connectivity index (χ1v) is 10.0. The first kappa shape index (κ1) is 20.2. The molecule has 3 atom stereocenters. The third kappa shape index (κ3) is 3.10. The van der Waals surface area contributed by atoms with E-state index >= 15 is 0 Å². The third-order valence-corrected chi connectivity index (χ3v) is 6.20. The van der Waals surface area contributed by atoms with Crippen molar-refractivity contribution in [1.29, 1.82) is 0 Å². The van der Waals surface area contributed by atoms with Crippen LogP contribution in [0.5, 0.6) is 0 Å². The van der Waals surface area contributed by atoms with Crippen LogP contribution in [-0.2, 0) is 25.5 Å². The van der Waals surface area contributed by atoms with Crippen molar-refractivity contribution in [2.75, 3.05) is 27.9 Å². The average molecular weight is 410 g/mol. The van der Waals surface area contributed by atoms with E-state index in [1.54, 1.807) is 6.08 Å². The van der Waals surface area contributed by atoms with E-state index in [1.165, 1.54) is 20.3 Å². The zero-order valence-corrected chi connectivity index (χ0v) is 17.4. The number of methoxy groups -OCH3 is 2. The van der Waals surface area contributed by atoms with Crippen LogP contribution in [0.3, 0.4) is 0 Å². The second-order valence-corrected chi connectivity index (χ2v) is 7.70. The van der Waals surface area contributed by atoms with Gasteiger partial charge in [-0.25, -0.2) is 9.59 Å². The number of fused-ring (bicyclic) bond motifs is 6. The van der Waals surface area contributed by atoms with Gasteiger partial charge in [0.05, 0.1) is 20.3 Å². The number of para-hydroxylation sites is 1. The summed E-state index contributed by atoms with van der Waals surface area (Å²) < 4.78 is 12.0. The minimum Gasteiger partial charge on any atom is -0.467 e. The number of nitrogens with zero attached hydrogens (tertiary/aromatic N) is 2. The maximum Gasteiger partial charge on any atom is 0.331 e. The molecule has 0 aliphatic carbocycles. The van der Waals surface area contributed by atoms with E-state index in [-0.39, 0.29) is 24.5 Å². The number of rotatable bonds is 5. The lowest BCUT2D eigenvalue weighted by Crippen LogP contribution is -2.48. The molecule has 2 aliphatic rings. The molecular formula is C23H26N2O5. The number of aromatic nitrogens is 1. The van der Waals surface area contributed by atoms with E-state index < -0.39 is 12.0 Å². The van der Waals surface area contributed by atoms with Gasteiger partial charge in [-0.3, -0.25) is 0 Å². The van der Waals surface area contributed by atoms with Crippen LogP contribution in [0.15, 0.2) is 48.2 Å². The van der Waals surface area contributed by atoms with Crippen LogP contribution in [0.2, 0.25) is 0 Å². The number of ether oxygens (including phenoxy) is 2. The Morgan fingerprint density at radius 3 is 2.70 bits per heavy atom. The SMILES string of the molecule is COC(=O)/C=C/C1=CN(C)[C@@H]2C[C@H]1c1c(CCO)c3ccccc3n1C2C(=O)OC. The van der Waals surface area contributed by atoms with Crippen LogP contribution in [0.25, 0.3) is 10.9 Å². The molecule has 1 aromatic carbocycles. The van der Waals surface area contributed by atoms with Crippen LogP contribution in [0.1, 0.15) is 29.6 Å². The number of allylic oxidation sites excluding steroid dienone is 2. The molecule has 2 aliphatic heterocycles. The van der Waals surface area contributed by atoms with Crippen molar-refractivity contribution >= 4 is 22.8 Å². The van der Waals surface area contributed by atoms with Gasteiger partial charge >= 0.3 is 11.9 Å². The number of carbonyl (C=O) groups excluding carboxylic acids is 2. The smallest absolute Gasteiger partial charge is 0.331 e. The van der Waals surface area contributed by atoms with Crippen molar-refractivity contribution in [3.8, 4) is 0 Å². The van der Waals surface area contributed by atoms with Gasteiger partial charge in [0.15, 0.2) is 6.04 Å². The molecule has 0 saturated heterocycles. The number of carbonyl (C=O) groups is 2. The normalized spacial score (nSPS) is 22.7. The number of aliphatic hydroxyl groups is 1. The number of hydrogen-bond acceptors (Lipinski definition) is 6. The zero-order valence-electron chi connectivity index (χ0n) is 17.4. The highest BCUT2D eigenvalue weighted by Crippen LogP contribution is 2.49. The minimum absolute atomic E-state index is 0.0109. The molecule has 7 heteroatoms. The Balaban J connectivity index is 1.98. The molecule has 4 rings (SSSR count). The average Bonchev–Trinajstić information content (AvgIpc) is 3.09. The van der Waals surface area contributed by atoms with Crippen molar-refractivity contribution in [3.05, 3.63) is 59.4 Å². The van der Waals surface area contributed by atoms with Crippen LogP contribution in [0, 0.1) is 0 Å². The largest absolute Gasteiger partial charge is 0.467 e. The monoisotopic (exact) mass is 410 g/mol. The number of aliphatic hydroxyl groups excluding tert-OH is 1. The van der Waals surface area contributed by atoms with Gasteiger partial charge in [0, 0.05) is 48.4 Å². The van der Waals surface area contributed by atoms with E-state index in [9.17, 15) is 14.7 Å². The molecule has 0 fully saturated rings. The fourth-order valence-corrected chi connectivity index (χ4v) is 4.94. The zero-order chi connectivity index (χ0) is 21.4. The van der Waals surface area contributed by atoms with Crippen molar-refractivity contribution in [1.82, 2.24) is 9.47 Å². The summed E-state index contributed by atoms with van der Waals surface area (Å²) in [6.07, 6.45) is 6.39. The molecule has 1 N–H and O–H groups in total. The van der Waals surface area contributed by atoms with Gasteiger partial charge in [0.2, 0.25) is 0 Å². The van der Waals surface area contributed by atoms with Crippen molar-refractivity contribution < 1.29 is 24.2 Å². The predicted octanol–water partition coefficient (Wildman–Crippen LogP) is 2.30. The highest BCUT2D eigenvalue weighted by molar-refractivity contribution is 5.89. The Bertz CT molecular complexity index is 1050. The van der Waals surface area contributed by atoms with Gasteiger partial charge < -0.3 is 24.0 Å². The highest BCUT2D eigenvalue weighted by Gasteiger charge is 2.46. The van der Waals surface area contributed by atoms with Crippen LogP contribution in [-0.4, -0.2) is 60.4 Å². The molecule has 2 bridgehead atoms. The van der Waals surface area contributed by atoms with Crippen molar-refractivity contribution in [2.45, 2.75) is 30.8 Å². The predicted molar refractivity (Wildman–Crippen MR) is 112 cm³/mol. The topological polar surface area (TPSA) is 81.0 Å². The summed E-state index contributed by atoms with van der Waals surface area (Å²) in [7, 11) is 4.70. The van der Waals surface area contributed by atoms with Crippen molar-refractivity contribution in [3.63, 3.8) is 0 Å². The molecule has 0 radical (unpaired) electrons. The molecule has 0 spiro atoms.